The van der Waals surface area contributed by atoms with Gasteiger partial charge in [-0.3, -0.25) is 0 Å². The molecule has 15 heavy (non-hydrogen) atoms. The van der Waals surface area contributed by atoms with Crippen LogP contribution in [0.5, 0.6) is 0 Å². The van der Waals surface area contributed by atoms with E-state index in [1.54, 1.807) is 7.11 Å². The van der Waals surface area contributed by atoms with Crippen LogP contribution in [0.4, 0.5) is 0 Å². The predicted molar refractivity (Wildman–Crippen MR) is 61.2 cm³/mol. The zero-order valence-corrected chi connectivity index (χ0v) is 8.66. The molecule has 0 spiro atoms. The van der Waals surface area contributed by atoms with Crippen molar-refractivity contribution in [2.24, 2.45) is 0 Å². The van der Waals surface area contributed by atoms with E-state index in [0.717, 1.165) is 12.2 Å². The highest BCUT2D eigenvalue weighted by Gasteiger charge is 2.28. The lowest BCUT2D eigenvalue weighted by molar-refractivity contribution is 0.301. The first kappa shape index (κ1) is 8.54. The van der Waals surface area contributed by atoms with E-state index in [1.165, 1.54) is 22.3 Å². The molecule has 74 valence electrons. The van der Waals surface area contributed by atoms with Crippen LogP contribution in [0.25, 0.3) is 5.57 Å². The average Bonchev–Trinajstić information content (AvgIpc) is 2.30. The summed E-state index contributed by atoms with van der Waals surface area (Å²) in [6, 6.07) is 10.5. The first-order valence-electron chi connectivity index (χ1n) is 5.14. The highest BCUT2D eigenvalue weighted by atomic mass is 16.5. The van der Waals surface area contributed by atoms with E-state index in [1.807, 2.05) is 6.07 Å². The van der Waals surface area contributed by atoms with Gasteiger partial charge in [-0.1, -0.05) is 36.4 Å². The zero-order valence-electron chi connectivity index (χ0n) is 8.66. The molecule has 0 fully saturated rings. The first-order chi connectivity index (χ1) is 7.40. The van der Waals surface area contributed by atoms with Gasteiger partial charge in [0, 0.05) is 12.0 Å². The fourth-order valence-electron chi connectivity index (χ4n) is 2.24. The van der Waals surface area contributed by atoms with Gasteiger partial charge in [-0.05, 0) is 22.8 Å². The van der Waals surface area contributed by atoms with Gasteiger partial charge in [0.2, 0.25) is 0 Å². The minimum Gasteiger partial charge on any atom is -0.496 e. The van der Waals surface area contributed by atoms with Gasteiger partial charge < -0.3 is 4.74 Å². The second-order valence-corrected chi connectivity index (χ2v) is 3.82. The maximum absolute atomic E-state index is 5.35. The molecule has 2 aliphatic rings. The number of hydrogen-bond acceptors (Lipinski definition) is 1. The Morgan fingerprint density at radius 3 is 2.53 bits per heavy atom. The smallest absolute Gasteiger partial charge is 0.123 e. The molecule has 3 rings (SSSR count). The molecule has 0 radical (unpaired) electrons. The first-order valence-corrected chi connectivity index (χ1v) is 5.14. The Morgan fingerprint density at radius 1 is 1.07 bits per heavy atom. The summed E-state index contributed by atoms with van der Waals surface area (Å²) in [5.74, 6) is 1.02. The maximum atomic E-state index is 5.35. The van der Waals surface area contributed by atoms with Crippen molar-refractivity contribution < 1.29 is 4.74 Å². The number of benzene rings is 1. The van der Waals surface area contributed by atoms with Gasteiger partial charge in [-0.15, -0.1) is 0 Å². The van der Waals surface area contributed by atoms with Gasteiger partial charge in [0.1, 0.15) is 5.76 Å². The number of rotatable bonds is 2. The van der Waals surface area contributed by atoms with Gasteiger partial charge in [0.05, 0.1) is 7.11 Å². The minimum absolute atomic E-state index is 1.02. The number of fused-ring (bicyclic) bond motifs is 2. The van der Waals surface area contributed by atoms with E-state index < -0.39 is 0 Å². The fourth-order valence-corrected chi connectivity index (χ4v) is 2.24. The van der Waals surface area contributed by atoms with Crippen LogP contribution >= 0.6 is 0 Å². The molecule has 0 saturated carbocycles. The topological polar surface area (TPSA) is 9.23 Å². The lowest BCUT2D eigenvalue weighted by Gasteiger charge is -2.31. The largest absolute Gasteiger partial charge is 0.496 e. The third kappa shape index (κ3) is 1.16. The Balaban J connectivity index is 2.11. The molecular weight excluding hydrogens is 184 g/mol. The second kappa shape index (κ2) is 3.13. The van der Waals surface area contributed by atoms with Crippen LogP contribution in [0.3, 0.4) is 0 Å². The number of allylic oxidation sites excluding steroid dienone is 5. The molecule has 0 aromatic heterocycles. The molecule has 0 N–H and O–H groups in total. The molecule has 1 nitrogen and oxygen atoms in total. The number of ether oxygens (including phenoxy) is 1. The van der Waals surface area contributed by atoms with Crippen molar-refractivity contribution >= 4 is 5.57 Å². The summed E-state index contributed by atoms with van der Waals surface area (Å²) in [4.78, 5) is 0. The third-order valence-corrected chi connectivity index (χ3v) is 3.01. The lowest BCUT2D eigenvalue weighted by Crippen LogP contribution is -2.13. The van der Waals surface area contributed by atoms with Crippen molar-refractivity contribution in [3.05, 3.63) is 65.0 Å². The summed E-state index contributed by atoms with van der Waals surface area (Å²) < 4.78 is 5.35. The zero-order chi connectivity index (χ0) is 10.3. The van der Waals surface area contributed by atoms with Crippen LogP contribution in [-0.2, 0) is 4.74 Å². The Bertz CT molecular complexity index is 489. The van der Waals surface area contributed by atoms with Gasteiger partial charge in [0.15, 0.2) is 0 Å². The maximum Gasteiger partial charge on any atom is 0.123 e. The van der Waals surface area contributed by atoms with Crippen molar-refractivity contribution in [2.75, 3.05) is 7.11 Å². The molecule has 0 amide bonds. The van der Waals surface area contributed by atoms with Gasteiger partial charge in [-0.25, -0.2) is 0 Å². The Morgan fingerprint density at radius 2 is 1.87 bits per heavy atom. The van der Waals surface area contributed by atoms with E-state index in [4.69, 9.17) is 4.74 Å². The average molecular weight is 196 g/mol. The summed E-state index contributed by atoms with van der Waals surface area (Å²) in [6.07, 6.45) is 5.28. The van der Waals surface area contributed by atoms with Gasteiger partial charge in [-0.2, -0.15) is 0 Å². The number of hydrogen-bond donors (Lipinski definition) is 0. The summed E-state index contributed by atoms with van der Waals surface area (Å²) in [5, 5.41) is 0. The van der Waals surface area contributed by atoms with Crippen LogP contribution in [0.2, 0.25) is 0 Å². The molecule has 0 unspecified atom stereocenters. The Labute approximate surface area is 89.4 Å². The highest BCUT2D eigenvalue weighted by Crippen LogP contribution is 2.46. The van der Waals surface area contributed by atoms with E-state index in [9.17, 15) is 0 Å². The van der Waals surface area contributed by atoms with Crippen molar-refractivity contribution in [3.63, 3.8) is 0 Å². The molecule has 0 heterocycles. The molecule has 1 heteroatoms. The molecule has 0 aliphatic heterocycles. The van der Waals surface area contributed by atoms with Crippen LogP contribution in [-0.4, -0.2) is 7.11 Å². The normalized spacial score (nSPS) is 17.9. The molecule has 0 atom stereocenters. The Kier molecular flexibility index (Phi) is 1.78. The Hall–Kier alpha value is -1.76. The molecule has 0 saturated heterocycles. The van der Waals surface area contributed by atoms with Gasteiger partial charge >= 0.3 is 0 Å². The quantitative estimate of drug-likeness (QED) is 0.705. The van der Waals surface area contributed by atoms with E-state index >= 15 is 0 Å². The fraction of sp³-hybridized carbons (Fsp3) is 0.143. The van der Waals surface area contributed by atoms with Crippen molar-refractivity contribution in [1.29, 1.82) is 0 Å². The molecule has 2 aliphatic carbocycles. The van der Waals surface area contributed by atoms with Crippen molar-refractivity contribution in [3.8, 4) is 0 Å². The van der Waals surface area contributed by atoms with Crippen LogP contribution < -0.4 is 0 Å². The highest BCUT2D eigenvalue weighted by molar-refractivity contribution is 5.92. The third-order valence-electron chi connectivity index (χ3n) is 3.01. The SMILES string of the molecule is COC1=C2CC(=C2c2ccccc2)C=C1. The molecular formula is C14H12O. The van der Waals surface area contributed by atoms with Crippen molar-refractivity contribution in [2.45, 2.75) is 6.42 Å². The van der Waals surface area contributed by atoms with Gasteiger partial charge in [0.25, 0.3) is 0 Å². The van der Waals surface area contributed by atoms with Crippen LogP contribution in [0.1, 0.15) is 12.0 Å². The minimum atomic E-state index is 1.02. The monoisotopic (exact) mass is 196 g/mol. The van der Waals surface area contributed by atoms with Crippen LogP contribution in [0.15, 0.2) is 59.4 Å². The standard InChI is InChI=1S/C14H12O/c1-15-13-8-7-11-9-12(13)14(11)10-5-3-2-4-6-10/h2-8H,9H2,1H3. The van der Waals surface area contributed by atoms with E-state index in [2.05, 4.69) is 36.4 Å². The molecule has 1 aromatic carbocycles. The van der Waals surface area contributed by atoms with Crippen molar-refractivity contribution in [1.82, 2.24) is 0 Å². The van der Waals surface area contributed by atoms with E-state index in [-0.39, 0.29) is 0 Å². The lowest BCUT2D eigenvalue weighted by atomic mass is 9.75. The molecule has 1 aromatic rings. The summed E-state index contributed by atoms with van der Waals surface area (Å²) in [6.45, 7) is 0. The second-order valence-electron chi connectivity index (χ2n) is 3.82. The molecule has 2 bridgehead atoms. The van der Waals surface area contributed by atoms with E-state index in [0.29, 0.717) is 0 Å². The predicted octanol–water partition coefficient (Wildman–Crippen LogP) is 3.31. The summed E-state index contributed by atoms with van der Waals surface area (Å²) in [5.41, 5.74) is 5.45. The summed E-state index contributed by atoms with van der Waals surface area (Å²) in [7, 11) is 1.73. The summed E-state index contributed by atoms with van der Waals surface area (Å²) >= 11 is 0. The number of methoxy groups -OCH3 is 1. The van der Waals surface area contributed by atoms with Crippen LogP contribution in [0, 0.1) is 0 Å².